The molecule has 0 saturated carbocycles. The van der Waals surface area contributed by atoms with Gasteiger partial charge in [0.15, 0.2) is 0 Å². The normalized spacial score (nSPS) is 13.0. The van der Waals surface area contributed by atoms with Crippen LogP contribution in [0.2, 0.25) is 5.15 Å². The average Bonchev–Trinajstić information content (AvgIpc) is 2.33. The van der Waals surface area contributed by atoms with Gasteiger partial charge in [-0.15, -0.1) is 0 Å². The van der Waals surface area contributed by atoms with E-state index in [0.717, 1.165) is 13.1 Å². The van der Waals surface area contributed by atoms with Crippen molar-refractivity contribution in [3.63, 3.8) is 0 Å². The number of rotatable bonds is 7. The summed E-state index contributed by atoms with van der Waals surface area (Å²) < 4.78 is 0. The van der Waals surface area contributed by atoms with Crippen molar-refractivity contribution < 1.29 is 0 Å². The summed E-state index contributed by atoms with van der Waals surface area (Å²) in [6.45, 7) is 8.89. The van der Waals surface area contributed by atoms with Gasteiger partial charge in [-0.1, -0.05) is 31.9 Å². The number of hydrogen-bond acceptors (Lipinski definition) is 2. The van der Waals surface area contributed by atoms with Gasteiger partial charge < -0.3 is 0 Å². The molecule has 0 spiro atoms. The zero-order valence-corrected chi connectivity index (χ0v) is 11.9. The molecule has 1 atom stereocenters. The van der Waals surface area contributed by atoms with Gasteiger partial charge >= 0.3 is 0 Å². The molecule has 0 fully saturated rings. The summed E-state index contributed by atoms with van der Waals surface area (Å²) in [5.41, 5.74) is 1.25. The van der Waals surface area contributed by atoms with Gasteiger partial charge in [0.25, 0.3) is 0 Å². The summed E-state index contributed by atoms with van der Waals surface area (Å²) in [4.78, 5) is 6.54. The third-order valence-electron chi connectivity index (χ3n) is 3.19. The van der Waals surface area contributed by atoms with Gasteiger partial charge in [-0.2, -0.15) is 0 Å². The lowest BCUT2D eigenvalue weighted by molar-refractivity contribution is 0.192. The van der Waals surface area contributed by atoms with E-state index in [-0.39, 0.29) is 0 Å². The lowest BCUT2D eigenvalue weighted by atomic mass is 10.1. The molecule has 0 aromatic carbocycles. The smallest absolute Gasteiger partial charge is 0.129 e. The SMILES string of the molecule is CCCCN(Cc1ccnc(Cl)c1)C(C)CC. The maximum atomic E-state index is 5.92. The summed E-state index contributed by atoms with van der Waals surface area (Å²) in [6, 6.07) is 4.63. The molecule has 0 radical (unpaired) electrons. The van der Waals surface area contributed by atoms with Gasteiger partial charge in [0.05, 0.1) is 0 Å². The minimum absolute atomic E-state index is 0.585. The number of pyridine rings is 1. The summed E-state index contributed by atoms with van der Waals surface area (Å²) in [7, 11) is 0. The molecule has 96 valence electrons. The van der Waals surface area contributed by atoms with E-state index in [1.165, 1.54) is 24.8 Å². The molecule has 1 aromatic rings. The molecule has 3 heteroatoms. The van der Waals surface area contributed by atoms with Crippen LogP contribution in [-0.2, 0) is 6.54 Å². The molecule has 0 aliphatic rings. The first-order valence-electron chi connectivity index (χ1n) is 6.51. The Morgan fingerprint density at radius 2 is 2.18 bits per heavy atom. The molecule has 2 nitrogen and oxygen atoms in total. The molecular weight excluding hydrogens is 232 g/mol. The van der Waals surface area contributed by atoms with Crippen molar-refractivity contribution in [1.82, 2.24) is 9.88 Å². The predicted octanol–water partition coefficient (Wildman–Crippen LogP) is 4.14. The van der Waals surface area contributed by atoms with Crippen molar-refractivity contribution in [2.75, 3.05) is 6.54 Å². The van der Waals surface area contributed by atoms with Crippen LogP contribution >= 0.6 is 11.6 Å². The van der Waals surface area contributed by atoms with Crippen LogP contribution in [0.1, 0.15) is 45.6 Å². The quantitative estimate of drug-likeness (QED) is 0.680. The van der Waals surface area contributed by atoms with Gasteiger partial charge in [-0.25, -0.2) is 4.98 Å². The van der Waals surface area contributed by atoms with Crippen LogP contribution in [0.5, 0.6) is 0 Å². The minimum atomic E-state index is 0.585. The lowest BCUT2D eigenvalue weighted by Crippen LogP contribution is -2.33. The summed E-state index contributed by atoms with van der Waals surface area (Å²) in [5, 5.41) is 0.585. The molecule has 0 amide bonds. The Balaban J connectivity index is 2.64. The van der Waals surface area contributed by atoms with E-state index in [0.29, 0.717) is 11.2 Å². The van der Waals surface area contributed by atoms with Crippen molar-refractivity contribution in [2.45, 2.75) is 52.6 Å². The van der Waals surface area contributed by atoms with Gasteiger partial charge in [-0.3, -0.25) is 4.90 Å². The van der Waals surface area contributed by atoms with Gasteiger partial charge in [-0.05, 0) is 44.0 Å². The first kappa shape index (κ1) is 14.5. The van der Waals surface area contributed by atoms with Crippen molar-refractivity contribution >= 4 is 11.6 Å². The molecule has 1 unspecified atom stereocenters. The van der Waals surface area contributed by atoms with E-state index in [9.17, 15) is 0 Å². The molecule has 0 bridgehead atoms. The Morgan fingerprint density at radius 1 is 1.41 bits per heavy atom. The van der Waals surface area contributed by atoms with E-state index in [4.69, 9.17) is 11.6 Å². The van der Waals surface area contributed by atoms with Crippen LogP contribution in [0.25, 0.3) is 0 Å². The van der Waals surface area contributed by atoms with E-state index < -0.39 is 0 Å². The number of aromatic nitrogens is 1. The Bertz CT molecular complexity index is 328. The number of hydrogen-bond donors (Lipinski definition) is 0. The Labute approximate surface area is 110 Å². The fraction of sp³-hybridized carbons (Fsp3) is 0.643. The molecule has 0 aliphatic carbocycles. The topological polar surface area (TPSA) is 16.1 Å². The van der Waals surface area contributed by atoms with Crippen molar-refractivity contribution in [2.24, 2.45) is 0 Å². The van der Waals surface area contributed by atoms with Crippen LogP contribution in [-0.4, -0.2) is 22.5 Å². The third kappa shape index (κ3) is 5.05. The van der Waals surface area contributed by atoms with E-state index >= 15 is 0 Å². The molecule has 17 heavy (non-hydrogen) atoms. The summed E-state index contributed by atoms with van der Waals surface area (Å²) in [6.07, 6.45) is 5.46. The third-order valence-corrected chi connectivity index (χ3v) is 3.40. The summed E-state index contributed by atoms with van der Waals surface area (Å²) in [5.74, 6) is 0. The molecule has 0 N–H and O–H groups in total. The van der Waals surface area contributed by atoms with Crippen molar-refractivity contribution in [3.8, 4) is 0 Å². The second-order valence-corrected chi connectivity index (χ2v) is 4.96. The molecule has 0 aliphatic heterocycles. The highest BCUT2D eigenvalue weighted by Gasteiger charge is 2.12. The highest BCUT2D eigenvalue weighted by Crippen LogP contribution is 2.14. The largest absolute Gasteiger partial charge is 0.296 e. The van der Waals surface area contributed by atoms with Gasteiger partial charge in [0.1, 0.15) is 5.15 Å². The Kier molecular flexibility index (Phi) is 6.53. The molecule has 1 heterocycles. The van der Waals surface area contributed by atoms with Crippen LogP contribution in [0.15, 0.2) is 18.3 Å². The van der Waals surface area contributed by atoms with Crippen LogP contribution < -0.4 is 0 Å². The number of halogens is 1. The zero-order valence-electron chi connectivity index (χ0n) is 11.1. The maximum absolute atomic E-state index is 5.92. The second kappa shape index (κ2) is 7.67. The Hall–Kier alpha value is -0.600. The monoisotopic (exact) mass is 254 g/mol. The minimum Gasteiger partial charge on any atom is -0.296 e. The molecular formula is C14H23ClN2. The number of nitrogens with zero attached hydrogens (tertiary/aromatic N) is 2. The van der Waals surface area contributed by atoms with E-state index in [2.05, 4.69) is 30.7 Å². The van der Waals surface area contributed by atoms with Crippen LogP contribution in [0, 0.1) is 0 Å². The lowest BCUT2D eigenvalue weighted by Gasteiger charge is -2.28. The molecule has 1 rings (SSSR count). The highest BCUT2D eigenvalue weighted by atomic mass is 35.5. The second-order valence-electron chi connectivity index (χ2n) is 4.57. The standard InChI is InChI=1S/C14H23ClN2/c1-4-6-9-17(12(3)5-2)11-13-7-8-16-14(15)10-13/h7-8,10,12H,4-6,9,11H2,1-3H3. The first-order chi connectivity index (χ1) is 8.17. The van der Waals surface area contributed by atoms with E-state index in [1.54, 1.807) is 6.20 Å². The van der Waals surface area contributed by atoms with Crippen LogP contribution in [0.3, 0.4) is 0 Å². The highest BCUT2D eigenvalue weighted by molar-refractivity contribution is 6.29. The Morgan fingerprint density at radius 3 is 2.76 bits per heavy atom. The maximum Gasteiger partial charge on any atom is 0.129 e. The zero-order chi connectivity index (χ0) is 12.7. The van der Waals surface area contributed by atoms with Crippen molar-refractivity contribution in [1.29, 1.82) is 0 Å². The fourth-order valence-corrected chi connectivity index (χ4v) is 2.05. The van der Waals surface area contributed by atoms with E-state index in [1.807, 2.05) is 12.1 Å². The average molecular weight is 255 g/mol. The predicted molar refractivity (Wildman–Crippen MR) is 74.3 cm³/mol. The molecule has 0 saturated heterocycles. The molecule has 1 aromatic heterocycles. The number of unbranched alkanes of at least 4 members (excludes halogenated alkanes) is 1. The summed E-state index contributed by atoms with van der Waals surface area (Å²) >= 11 is 5.92. The van der Waals surface area contributed by atoms with Gasteiger partial charge in [0, 0.05) is 18.8 Å². The van der Waals surface area contributed by atoms with Gasteiger partial charge in [0.2, 0.25) is 0 Å². The fourth-order valence-electron chi connectivity index (χ4n) is 1.85. The first-order valence-corrected chi connectivity index (χ1v) is 6.89. The van der Waals surface area contributed by atoms with Crippen molar-refractivity contribution in [3.05, 3.63) is 29.0 Å². The van der Waals surface area contributed by atoms with Crippen LogP contribution in [0.4, 0.5) is 0 Å².